The number of carbonyl (C=O) groups is 2. The average molecular weight is 468 g/mol. The van der Waals surface area contributed by atoms with Gasteiger partial charge < -0.3 is 14.4 Å². The van der Waals surface area contributed by atoms with Crippen LogP contribution in [0, 0.1) is 0 Å². The topological polar surface area (TPSA) is 93.2 Å². The Morgan fingerprint density at radius 1 is 0.938 bits per heavy atom. The maximum Gasteiger partial charge on any atom is 0.387 e. The van der Waals surface area contributed by atoms with Gasteiger partial charge in [-0.15, -0.1) is 0 Å². The third kappa shape index (κ3) is 5.05. The Balaban J connectivity index is 1.70. The summed E-state index contributed by atoms with van der Waals surface area (Å²) in [5.74, 6) is -0.798. The summed E-state index contributed by atoms with van der Waals surface area (Å²) in [6.45, 7) is -1.29. The summed E-state index contributed by atoms with van der Waals surface area (Å²) >= 11 is 0. The van der Waals surface area contributed by atoms with Gasteiger partial charge in [-0.05, 0) is 37.3 Å². The first-order valence-electron chi connectivity index (χ1n) is 9.66. The monoisotopic (exact) mass is 468 g/mol. The first-order chi connectivity index (χ1) is 15.1. The Bertz CT molecular complexity index is 1100. The zero-order valence-corrected chi connectivity index (χ0v) is 18.3. The van der Waals surface area contributed by atoms with Crippen molar-refractivity contribution in [2.24, 2.45) is 0 Å². The lowest BCUT2D eigenvalue weighted by atomic mass is 10.1. The zero-order chi connectivity index (χ0) is 23.5. The van der Waals surface area contributed by atoms with Gasteiger partial charge in [0, 0.05) is 37.3 Å². The van der Waals surface area contributed by atoms with Crippen LogP contribution in [0.2, 0.25) is 0 Å². The largest absolute Gasteiger partial charge is 0.493 e. The molecule has 0 unspecified atom stereocenters. The van der Waals surface area contributed by atoms with E-state index in [0.717, 1.165) is 0 Å². The van der Waals surface area contributed by atoms with E-state index in [0.29, 0.717) is 5.56 Å². The predicted molar refractivity (Wildman–Crippen MR) is 111 cm³/mol. The molecule has 32 heavy (non-hydrogen) atoms. The number of sulfonamides is 1. The number of methoxy groups -OCH3 is 1. The number of carbonyl (C=O) groups excluding carboxylic acids is 2. The van der Waals surface area contributed by atoms with E-state index >= 15 is 0 Å². The van der Waals surface area contributed by atoms with Crippen LogP contribution in [-0.2, 0) is 10.0 Å². The summed E-state index contributed by atoms with van der Waals surface area (Å²) in [6.07, 6.45) is 0. The lowest BCUT2D eigenvalue weighted by Gasteiger charge is -2.34. The molecule has 2 aromatic rings. The summed E-state index contributed by atoms with van der Waals surface area (Å²) in [5.41, 5.74) is 0.534. The molecule has 0 aromatic heterocycles. The lowest BCUT2D eigenvalue weighted by molar-refractivity contribution is -0.0512. The molecule has 172 valence electrons. The van der Waals surface area contributed by atoms with Gasteiger partial charge in [-0.25, -0.2) is 8.42 Å². The second kappa shape index (κ2) is 9.61. The molecular formula is C21H22F2N2O6S. The third-order valence-corrected chi connectivity index (χ3v) is 6.96. The van der Waals surface area contributed by atoms with E-state index in [9.17, 15) is 26.8 Å². The number of ether oxygens (including phenoxy) is 2. The van der Waals surface area contributed by atoms with E-state index in [1.165, 1.54) is 65.7 Å². The first-order valence-corrected chi connectivity index (χ1v) is 11.1. The molecule has 3 rings (SSSR count). The molecule has 0 spiro atoms. The van der Waals surface area contributed by atoms with Gasteiger partial charge in [-0.1, -0.05) is 12.1 Å². The van der Waals surface area contributed by atoms with Crippen LogP contribution in [0.15, 0.2) is 47.4 Å². The molecule has 1 heterocycles. The van der Waals surface area contributed by atoms with E-state index in [1.54, 1.807) is 0 Å². The Morgan fingerprint density at radius 2 is 1.53 bits per heavy atom. The maximum absolute atomic E-state index is 12.9. The van der Waals surface area contributed by atoms with E-state index in [4.69, 9.17) is 4.74 Å². The minimum absolute atomic E-state index is 0.0613. The van der Waals surface area contributed by atoms with Crippen molar-refractivity contribution in [1.29, 1.82) is 0 Å². The van der Waals surface area contributed by atoms with Crippen molar-refractivity contribution in [3.63, 3.8) is 0 Å². The number of hydrogen-bond acceptors (Lipinski definition) is 6. The molecule has 11 heteroatoms. The fourth-order valence-electron chi connectivity index (χ4n) is 3.32. The molecule has 0 saturated carbocycles. The van der Waals surface area contributed by atoms with Crippen LogP contribution < -0.4 is 9.47 Å². The van der Waals surface area contributed by atoms with Gasteiger partial charge in [0.2, 0.25) is 10.0 Å². The quantitative estimate of drug-likeness (QED) is 0.580. The Kier molecular flexibility index (Phi) is 7.09. The number of amides is 1. The van der Waals surface area contributed by atoms with E-state index in [2.05, 4.69) is 4.74 Å². The molecule has 1 saturated heterocycles. The summed E-state index contributed by atoms with van der Waals surface area (Å²) in [6, 6.07) is 9.63. The smallest absolute Gasteiger partial charge is 0.387 e. The Morgan fingerprint density at radius 3 is 2.06 bits per heavy atom. The van der Waals surface area contributed by atoms with Crippen LogP contribution in [0.1, 0.15) is 27.6 Å². The van der Waals surface area contributed by atoms with Crippen molar-refractivity contribution < 1.29 is 36.3 Å². The molecule has 1 fully saturated rings. The molecule has 0 radical (unpaired) electrons. The highest BCUT2D eigenvalue weighted by Gasteiger charge is 2.31. The predicted octanol–water partition coefficient (Wildman–Crippen LogP) is 2.65. The molecule has 0 N–H and O–H groups in total. The van der Waals surface area contributed by atoms with Gasteiger partial charge in [0.1, 0.15) is 0 Å². The second-order valence-corrected chi connectivity index (χ2v) is 8.96. The molecule has 1 amide bonds. The van der Waals surface area contributed by atoms with Gasteiger partial charge in [-0.3, -0.25) is 9.59 Å². The van der Waals surface area contributed by atoms with Gasteiger partial charge >= 0.3 is 6.61 Å². The van der Waals surface area contributed by atoms with Crippen LogP contribution in [0.25, 0.3) is 0 Å². The third-order valence-electron chi connectivity index (χ3n) is 5.05. The van der Waals surface area contributed by atoms with Gasteiger partial charge in [0.15, 0.2) is 17.3 Å². The number of halogens is 2. The summed E-state index contributed by atoms with van der Waals surface area (Å²) < 4.78 is 61.6. The van der Waals surface area contributed by atoms with Crippen molar-refractivity contribution in [2.45, 2.75) is 18.4 Å². The second-order valence-electron chi connectivity index (χ2n) is 7.02. The SMILES string of the molecule is COc1ccc(C(=O)N2CCN(S(=O)(=O)c3ccc(C(C)=O)cc3)CC2)cc1OC(F)F. The number of alkyl halides is 2. The molecule has 8 nitrogen and oxygen atoms in total. The number of rotatable bonds is 7. The van der Waals surface area contributed by atoms with Crippen LogP contribution in [0.4, 0.5) is 8.78 Å². The zero-order valence-electron chi connectivity index (χ0n) is 17.5. The van der Waals surface area contributed by atoms with Crippen LogP contribution in [-0.4, -0.2) is 69.2 Å². The molecule has 0 aliphatic carbocycles. The fraction of sp³-hybridized carbons (Fsp3) is 0.333. The van der Waals surface area contributed by atoms with Crippen molar-refractivity contribution in [2.75, 3.05) is 33.3 Å². The van der Waals surface area contributed by atoms with Crippen molar-refractivity contribution in [3.05, 3.63) is 53.6 Å². The maximum atomic E-state index is 12.9. The normalized spacial score (nSPS) is 15.0. The minimum atomic E-state index is -3.78. The highest BCUT2D eigenvalue weighted by atomic mass is 32.2. The van der Waals surface area contributed by atoms with Gasteiger partial charge in [0.05, 0.1) is 12.0 Å². The van der Waals surface area contributed by atoms with Crippen molar-refractivity contribution in [3.8, 4) is 11.5 Å². The molecule has 2 aromatic carbocycles. The number of piperazine rings is 1. The average Bonchev–Trinajstić information content (AvgIpc) is 2.78. The van der Waals surface area contributed by atoms with E-state index < -0.39 is 22.5 Å². The summed E-state index contributed by atoms with van der Waals surface area (Å²) in [5, 5.41) is 0. The number of benzene rings is 2. The van der Waals surface area contributed by atoms with E-state index in [1.807, 2.05) is 0 Å². The number of ketones is 1. The van der Waals surface area contributed by atoms with Crippen molar-refractivity contribution in [1.82, 2.24) is 9.21 Å². The molecule has 0 bridgehead atoms. The molecule has 1 aliphatic heterocycles. The Labute approximate surface area is 184 Å². The van der Waals surface area contributed by atoms with Crippen LogP contribution in [0.3, 0.4) is 0 Å². The molecule has 1 aliphatic rings. The number of nitrogens with zero attached hydrogens (tertiary/aromatic N) is 2. The highest BCUT2D eigenvalue weighted by molar-refractivity contribution is 7.89. The van der Waals surface area contributed by atoms with Crippen LogP contribution >= 0.6 is 0 Å². The molecular weight excluding hydrogens is 446 g/mol. The first kappa shape index (κ1) is 23.6. The summed E-state index contributed by atoms with van der Waals surface area (Å²) in [4.78, 5) is 25.7. The fourth-order valence-corrected chi connectivity index (χ4v) is 4.74. The molecule has 0 atom stereocenters. The van der Waals surface area contributed by atoms with E-state index in [-0.39, 0.29) is 53.9 Å². The standard InChI is InChI=1S/C21H22F2N2O6S/c1-14(26)15-3-6-17(7-4-15)32(28,29)25-11-9-24(10-12-25)20(27)16-5-8-18(30-2)19(13-16)31-21(22)23/h3-8,13,21H,9-12H2,1-2H3. The Hall–Kier alpha value is -3.05. The minimum Gasteiger partial charge on any atom is -0.493 e. The van der Waals surface area contributed by atoms with Gasteiger partial charge in [0.25, 0.3) is 5.91 Å². The number of hydrogen-bond donors (Lipinski definition) is 0. The summed E-state index contributed by atoms with van der Waals surface area (Å²) in [7, 11) is -2.49. The number of Topliss-reactive ketones (excluding diaryl/α,β-unsaturated/α-hetero) is 1. The van der Waals surface area contributed by atoms with Crippen molar-refractivity contribution >= 4 is 21.7 Å². The van der Waals surface area contributed by atoms with Crippen LogP contribution in [0.5, 0.6) is 11.5 Å². The highest BCUT2D eigenvalue weighted by Crippen LogP contribution is 2.30. The lowest BCUT2D eigenvalue weighted by Crippen LogP contribution is -2.50. The van der Waals surface area contributed by atoms with Gasteiger partial charge in [-0.2, -0.15) is 13.1 Å².